The summed E-state index contributed by atoms with van der Waals surface area (Å²) in [4.78, 5) is 18.3. The fraction of sp³-hybridized carbons (Fsp3) is 0.579. The van der Waals surface area contributed by atoms with Gasteiger partial charge in [-0.3, -0.25) is 9.79 Å². The Bertz CT molecular complexity index is 627. The Kier molecular flexibility index (Phi) is 10.00. The molecule has 1 fully saturated rings. The molecule has 1 saturated heterocycles. The molecule has 3 unspecified atom stereocenters. The van der Waals surface area contributed by atoms with Crippen molar-refractivity contribution in [3.63, 3.8) is 0 Å². The zero-order valence-corrected chi connectivity index (χ0v) is 18.6. The number of hydrogen-bond acceptors (Lipinski definition) is 4. The van der Waals surface area contributed by atoms with Gasteiger partial charge in [-0.25, -0.2) is 4.39 Å². The average Bonchev–Trinajstić information content (AvgIpc) is 2.64. The van der Waals surface area contributed by atoms with Gasteiger partial charge in [0, 0.05) is 13.1 Å². The van der Waals surface area contributed by atoms with E-state index in [1.165, 1.54) is 19.2 Å². The van der Waals surface area contributed by atoms with Gasteiger partial charge in [0.15, 0.2) is 5.96 Å². The van der Waals surface area contributed by atoms with Gasteiger partial charge in [0.2, 0.25) is 0 Å². The molecule has 1 aromatic rings. The molecule has 0 aliphatic carbocycles. The largest absolute Gasteiger partial charge is 0.469 e. The zero-order valence-electron chi connectivity index (χ0n) is 16.3. The second-order valence-corrected chi connectivity index (χ2v) is 6.51. The molecule has 0 amide bonds. The Morgan fingerprint density at radius 2 is 2.07 bits per heavy atom. The summed E-state index contributed by atoms with van der Waals surface area (Å²) in [7, 11) is 1.38. The van der Waals surface area contributed by atoms with Crippen LogP contribution in [0.3, 0.4) is 0 Å². The lowest BCUT2D eigenvalue weighted by Gasteiger charge is -2.38. The Morgan fingerprint density at radius 1 is 1.41 bits per heavy atom. The number of morpholine rings is 1. The normalized spacial score (nSPS) is 21.2. The number of benzene rings is 1. The minimum absolute atomic E-state index is 0. The molecule has 27 heavy (non-hydrogen) atoms. The van der Waals surface area contributed by atoms with Gasteiger partial charge in [0.25, 0.3) is 0 Å². The van der Waals surface area contributed by atoms with Gasteiger partial charge in [0.1, 0.15) is 11.9 Å². The minimum Gasteiger partial charge on any atom is -0.469 e. The molecule has 1 N–H and O–H groups in total. The molecule has 0 spiro atoms. The maximum Gasteiger partial charge on any atom is 0.310 e. The van der Waals surface area contributed by atoms with Gasteiger partial charge in [-0.2, -0.15) is 0 Å². The highest BCUT2D eigenvalue weighted by Gasteiger charge is 2.28. The predicted molar refractivity (Wildman–Crippen MR) is 114 cm³/mol. The molecule has 0 aromatic heterocycles. The maximum absolute atomic E-state index is 13.2. The van der Waals surface area contributed by atoms with Crippen LogP contribution in [-0.4, -0.2) is 56.2 Å². The number of nitrogens with one attached hydrogen (secondary N) is 1. The molecule has 1 aliphatic rings. The van der Waals surface area contributed by atoms with Crippen molar-refractivity contribution in [1.29, 1.82) is 0 Å². The summed E-state index contributed by atoms with van der Waals surface area (Å²) in [6, 6.07) is 6.39. The quantitative estimate of drug-likeness (QED) is 0.296. The van der Waals surface area contributed by atoms with Crippen molar-refractivity contribution < 1.29 is 18.7 Å². The lowest BCUT2D eigenvalue weighted by molar-refractivity contribution is -0.144. The Hall–Kier alpha value is -1.42. The molecule has 152 valence electrons. The first-order valence-electron chi connectivity index (χ1n) is 8.96. The first kappa shape index (κ1) is 23.6. The van der Waals surface area contributed by atoms with Crippen LogP contribution in [-0.2, 0) is 14.3 Å². The second kappa shape index (κ2) is 11.4. The lowest BCUT2D eigenvalue weighted by Crippen LogP contribution is -2.51. The topological polar surface area (TPSA) is 63.2 Å². The summed E-state index contributed by atoms with van der Waals surface area (Å²) in [5.41, 5.74) is 0.932. The van der Waals surface area contributed by atoms with Crippen LogP contribution in [0.5, 0.6) is 0 Å². The van der Waals surface area contributed by atoms with E-state index < -0.39 is 0 Å². The molecule has 0 radical (unpaired) electrons. The third-order valence-corrected chi connectivity index (χ3v) is 4.25. The number of esters is 1. The Morgan fingerprint density at radius 3 is 2.67 bits per heavy atom. The highest BCUT2D eigenvalue weighted by molar-refractivity contribution is 14.0. The predicted octanol–water partition coefficient (Wildman–Crippen LogP) is 2.98. The van der Waals surface area contributed by atoms with E-state index in [0.717, 1.165) is 18.1 Å². The molecule has 1 aliphatic heterocycles. The number of carbonyl (C=O) groups is 1. The van der Waals surface area contributed by atoms with Crippen LogP contribution in [0, 0.1) is 11.7 Å². The molecule has 2 rings (SSSR count). The van der Waals surface area contributed by atoms with Crippen LogP contribution < -0.4 is 5.32 Å². The van der Waals surface area contributed by atoms with Crippen LogP contribution in [0.2, 0.25) is 0 Å². The maximum atomic E-state index is 13.2. The van der Waals surface area contributed by atoms with Gasteiger partial charge < -0.3 is 19.7 Å². The van der Waals surface area contributed by atoms with Gasteiger partial charge in [0.05, 0.1) is 32.2 Å². The van der Waals surface area contributed by atoms with Crippen molar-refractivity contribution in [2.75, 3.05) is 33.3 Å². The van der Waals surface area contributed by atoms with Crippen molar-refractivity contribution in [1.82, 2.24) is 10.2 Å². The molecule has 3 atom stereocenters. The second-order valence-electron chi connectivity index (χ2n) is 6.51. The van der Waals surface area contributed by atoms with E-state index in [9.17, 15) is 9.18 Å². The SMILES string of the molecule is CCNC(=NCC(C)C(=O)OC)N1CC(C)OC(c2ccc(F)cc2)C1.I. The number of halogens is 2. The monoisotopic (exact) mass is 493 g/mol. The number of nitrogens with zero attached hydrogens (tertiary/aromatic N) is 2. The average molecular weight is 493 g/mol. The van der Waals surface area contributed by atoms with E-state index >= 15 is 0 Å². The molecule has 8 heteroatoms. The van der Waals surface area contributed by atoms with E-state index in [0.29, 0.717) is 19.6 Å². The number of hydrogen-bond donors (Lipinski definition) is 1. The first-order valence-corrected chi connectivity index (χ1v) is 8.96. The summed E-state index contributed by atoms with van der Waals surface area (Å²) in [5, 5.41) is 3.27. The number of guanidine groups is 1. The standard InChI is InChI=1S/C19H28FN3O3.HI/c1-5-21-19(22-10-13(2)18(24)25-4)23-11-14(3)26-17(12-23)15-6-8-16(20)9-7-15;/h6-9,13-14,17H,5,10-12H2,1-4H3,(H,21,22);1H. The number of methoxy groups -OCH3 is 1. The summed E-state index contributed by atoms with van der Waals surface area (Å²) in [6.45, 7) is 8.16. The van der Waals surface area contributed by atoms with Crippen molar-refractivity contribution >= 4 is 35.9 Å². The van der Waals surface area contributed by atoms with Crippen molar-refractivity contribution in [2.24, 2.45) is 10.9 Å². The summed E-state index contributed by atoms with van der Waals surface area (Å²) in [5.74, 6) is -0.101. The fourth-order valence-electron chi connectivity index (χ4n) is 2.91. The molecule has 0 saturated carbocycles. The van der Waals surface area contributed by atoms with Crippen LogP contribution >= 0.6 is 24.0 Å². The molecule has 1 aromatic carbocycles. The molecular formula is C19H29FIN3O3. The third-order valence-electron chi connectivity index (χ3n) is 4.25. The fourth-order valence-corrected chi connectivity index (χ4v) is 2.91. The minimum atomic E-state index is -0.306. The first-order chi connectivity index (χ1) is 12.4. The van der Waals surface area contributed by atoms with Crippen LogP contribution in [0.15, 0.2) is 29.3 Å². The van der Waals surface area contributed by atoms with E-state index in [1.807, 2.05) is 13.8 Å². The van der Waals surface area contributed by atoms with Crippen molar-refractivity contribution in [3.05, 3.63) is 35.6 Å². The van der Waals surface area contributed by atoms with E-state index in [1.54, 1.807) is 19.1 Å². The smallest absolute Gasteiger partial charge is 0.310 e. The molecular weight excluding hydrogens is 464 g/mol. The Labute approximate surface area is 177 Å². The molecule has 1 heterocycles. The van der Waals surface area contributed by atoms with Gasteiger partial charge in [-0.05, 0) is 31.5 Å². The highest BCUT2D eigenvalue weighted by atomic mass is 127. The Balaban J connectivity index is 0.00000364. The summed E-state index contributed by atoms with van der Waals surface area (Å²) < 4.78 is 24.0. The lowest BCUT2D eigenvalue weighted by atomic mass is 10.1. The number of rotatable bonds is 5. The van der Waals surface area contributed by atoms with E-state index in [-0.39, 0.29) is 53.9 Å². The number of carbonyl (C=O) groups excluding carboxylic acids is 1. The summed E-state index contributed by atoms with van der Waals surface area (Å²) in [6.07, 6.45) is -0.165. The highest BCUT2D eigenvalue weighted by Crippen LogP contribution is 2.25. The molecule has 0 bridgehead atoms. The van der Waals surface area contributed by atoms with Crippen molar-refractivity contribution in [2.45, 2.75) is 33.0 Å². The number of aliphatic imine (C=N–C) groups is 1. The van der Waals surface area contributed by atoms with Crippen molar-refractivity contribution in [3.8, 4) is 0 Å². The number of ether oxygens (including phenoxy) is 2. The summed E-state index contributed by atoms with van der Waals surface area (Å²) >= 11 is 0. The van der Waals surface area contributed by atoms with E-state index in [4.69, 9.17) is 9.47 Å². The van der Waals surface area contributed by atoms with E-state index in [2.05, 4.69) is 15.2 Å². The van der Waals surface area contributed by atoms with Crippen LogP contribution in [0.1, 0.15) is 32.4 Å². The van der Waals surface area contributed by atoms with Crippen LogP contribution in [0.25, 0.3) is 0 Å². The van der Waals surface area contributed by atoms with Crippen LogP contribution in [0.4, 0.5) is 4.39 Å². The van der Waals surface area contributed by atoms with Gasteiger partial charge >= 0.3 is 5.97 Å². The molecule has 6 nitrogen and oxygen atoms in total. The van der Waals surface area contributed by atoms with Gasteiger partial charge in [-0.15, -0.1) is 24.0 Å². The third kappa shape index (κ3) is 6.91. The zero-order chi connectivity index (χ0) is 19.1. The van der Waals surface area contributed by atoms with Gasteiger partial charge in [-0.1, -0.05) is 19.1 Å².